The zero-order valence-electron chi connectivity index (χ0n) is 13.4. The number of aromatic hydroxyl groups is 1. The summed E-state index contributed by atoms with van der Waals surface area (Å²) in [5.74, 6) is 0.498. The van der Waals surface area contributed by atoms with Crippen molar-refractivity contribution in [2.75, 3.05) is 0 Å². The predicted molar refractivity (Wildman–Crippen MR) is 89.8 cm³/mol. The molecule has 1 unspecified atom stereocenters. The van der Waals surface area contributed by atoms with Gasteiger partial charge in [-0.15, -0.1) is 0 Å². The number of hydrazone groups is 1. The van der Waals surface area contributed by atoms with Crippen molar-refractivity contribution in [1.82, 2.24) is 5.43 Å². The number of carbonyl (C=O) groups is 1. The Morgan fingerprint density at radius 3 is 2.52 bits per heavy atom. The number of hydrogen-bond donors (Lipinski definition) is 2. The third kappa shape index (κ3) is 4.85. The Labute approximate surface area is 135 Å². The molecule has 1 amide bonds. The average molecular weight is 312 g/mol. The lowest BCUT2D eigenvalue weighted by Gasteiger charge is -2.14. The SMILES string of the molecule is Cc1ccc(OC(C)C(=O)N/N=C/c2ccc(O)cc2)cc1C. The van der Waals surface area contributed by atoms with Crippen molar-refractivity contribution in [3.63, 3.8) is 0 Å². The molecule has 5 nitrogen and oxygen atoms in total. The highest BCUT2D eigenvalue weighted by atomic mass is 16.5. The van der Waals surface area contributed by atoms with Gasteiger partial charge in [-0.2, -0.15) is 5.10 Å². The van der Waals surface area contributed by atoms with Gasteiger partial charge in [0.15, 0.2) is 6.10 Å². The number of ether oxygens (including phenoxy) is 1. The van der Waals surface area contributed by atoms with E-state index in [0.29, 0.717) is 5.75 Å². The fraction of sp³-hybridized carbons (Fsp3) is 0.222. The Balaban J connectivity index is 1.89. The first-order valence-corrected chi connectivity index (χ1v) is 7.31. The zero-order valence-corrected chi connectivity index (χ0v) is 13.4. The molecular weight excluding hydrogens is 292 g/mol. The molecule has 2 aromatic carbocycles. The molecule has 1 atom stereocenters. The highest BCUT2D eigenvalue weighted by molar-refractivity contribution is 5.84. The van der Waals surface area contributed by atoms with Crippen LogP contribution in [-0.2, 0) is 4.79 Å². The minimum absolute atomic E-state index is 0.182. The zero-order chi connectivity index (χ0) is 16.8. The summed E-state index contributed by atoms with van der Waals surface area (Å²) in [5, 5.41) is 13.1. The van der Waals surface area contributed by atoms with Gasteiger partial charge in [0.2, 0.25) is 0 Å². The first-order valence-electron chi connectivity index (χ1n) is 7.31. The fourth-order valence-corrected chi connectivity index (χ4v) is 1.87. The number of rotatable bonds is 5. The van der Waals surface area contributed by atoms with Crippen molar-refractivity contribution in [1.29, 1.82) is 0 Å². The Kier molecular flexibility index (Phi) is 5.36. The fourth-order valence-electron chi connectivity index (χ4n) is 1.87. The number of nitrogens with one attached hydrogen (secondary N) is 1. The van der Waals surface area contributed by atoms with Crippen LogP contribution in [0.5, 0.6) is 11.5 Å². The number of hydrogen-bond acceptors (Lipinski definition) is 4. The normalized spacial score (nSPS) is 12.1. The Hall–Kier alpha value is -2.82. The maximum absolute atomic E-state index is 12.0. The van der Waals surface area contributed by atoms with E-state index in [2.05, 4.69) is 10.5 Å². The van der Waals surface area contributed by atoms with Gasteiger partial charge in [-0.25, -0.2) is 5.43 Å². The molecular formula is C18H20N2O3. The summed E-state index contributed by atoms with van der Waals surface area (Å²) in [7, 11) is 0. The minimum atomic E-state index is -0.658. The van der Waals surface area contributed by atoms with E-state index in [1.165, 1.54) is 11.8 Å². The highest BCUT2D eigenvalue weighted by Gasteiger charge is 2.14. The molecule has 0 aliphatic carbocycles. The molecule has 23 heavy (non-hydrogen) atoms. The number of aryl methyl sites for hydroxylation is 2. The van der Waals surface area contributed by atoms with E-state index in [0.717, 1.165) is 11.1 Å². The van der Waals surface area contributed by atoms with Gasteiger partial charge in [0, 0.05) is 0 Å². The standard InChI is InChI=1S/C18H20N2O3/c1-12-4-9-17(10-13(12)2)23-14(3)18(22)20-19-11-15-5-7-16(21)8-6-15/h4-11,14,21H,1-3H3,(H,20,22)/b19-11+. The predicted octanol–water partition coefficient (Wildman–Crippen LogP) is 2.93. The monoisotopic (exact) mass is 312 g/mol. The van der Waals surface area contributed by atoms with Gasteiger partial charge in [-0.1, -0.05) is 6.07 Å². The van der Waals surface area contributed by atoms with Crippen molar-refractivity contribution >= 4 is 12.1 Å². The Morgan fingerprint density at radius 2 is 1.87 bits per heavy atom. The van der Waals surface area contributed by atoms with E-state index in [9.17, 15) is 9.90 Å². The van der Waals surface area contributed by atoms with E-state index in [-0.39, 0.29) is 11.7 Å². The molecule has 0 saturated heterocycles. The van der Waals surface area contributed by atoms with E-state index < -0.39 is 6.10 Å². The lowest BCUT2D eigenvalue weighted by molar-refractivity contribution is -0.127. The van der Waals surface area contributed by atoms with Crippen LogP contribution >= 0.6 is 0 Å². The molecule has 2 N–H and O–H groups in total. The Morgan fingerprint density at radius 1 is 1.17 bits per heavy atom. The van der Waals surface area contributed by atoms with Crippen molar-refractivity contribution < 1.29 is 14.6 Å². The van der Waals surface area contributed by atoms with Crippen LogP contribution in [0.1, 0.15) is 23.6 Å². The second-order valence-electron chi connectivity index (χ2n) is 5.33. The molecule has 0 radical (unpaired) electrons. The van der Waals surface area contributed by atoms with Crippen LogP contribution in [0.2, 0.25) is 0 Å². The van der Waals surface area contributed by atoms with E-state index in [1.54, 1.807) is 31.2 Å². The van der Waals surface area contributed by atoms with Gasteiger partial charge in [-0.05, 0) is 73.9 Å². The van der Waals surface area contributed by atoms with Crippen molar-refractivity contribution in [3.8, 4) is 11.5 Å². The van der Waals surface area contributed by atoms with Crippen molar-refractivity contribution in [2.45, 2.75) is 26.9 Å². The average Bonchev–Trinajstić information content (AvgIpc) is 2.52. The Bertz CT molecular complexity index is 709. The second kappa shape index (κ2) is 7.45. The molecule has 0 aliphatic rings. The first-order chi connectivity index (χ1) is 11.0. The number of nitrogens with zero attached hydrogens (tertiary/aromatic N) is 1. The molecule has 0 fully saturated rings. The molecule has 0 aromatic heterocycles. The minimum Gasteiger partial charge on any atom is -0.508 e. The number of phenols is 1. The molecule has 2 rings (SSSR count). The van der Waals surface area contributed by atoms with Crippen molar-refractivity contribution in [3.05, 3.63) is 59.2 Å². The van der Waals surface area contributed by atoms with E-state index in [1.807, 2.05) is 32.0 Å². The summed E-state index contributed by atoms with van der Waals surface area (Å²) < 4.78 is 5.61. The molecule has 0 heterocycles. The summed E-state index contributed by atoms with van der Waals surface area (Å²) in [6.45, 7) is 5.68. The lowest BCUT2D eigenvalue weighted by atomic mass is 10.1. The summed E-state index contributed by atoms with van der Waals surface area (Å²) >= 11 is 0. The van der Waals surface area contributed by atoms with Gasteiger partial charge < -0.3 is 9.84 Å². The maximum atomic E-state index is 12.0. The summed E-state index contributed by atoms with van der Waals surface area (Å²) in [4.78, 5) is 12.0. The van der Waals surface area contributed by atoms with Crippen LogP contribution in [0.25, 0.3) is 0 Å². The summed E-state index contributed by atoms with van der Waals surface area (Å²) in [6, 6.07) is 12.2. The largest absolute Gasteiger partial charge is 0.508 e. The quantitative estimate of drug-likeness (QED) is 0.659. The van der Waals surface area contributed by atoms with Crippen LogP contribution in [0, 0.1) is 13.8 Å². The van der Waals surface area contributed by atoms with Crippen LogP contribution in [0.3, 0.4) is 0 Å². The molecule has 2 aromatic rings. The van der Waals surface area contributed by atoms with Gasteiger partial charge in [-0.3, -0.25) is 4.79 Å². The third-order valence-electron chi connectivity index (χ3n) is 3.44. The maximum Gasteiger partial charge on any atom is 0.280 e. The van der Waals surface area contributed by atoms with Gasteiger partial charge in [0.25, 0.3) is 5.91 Å². The molecule has 5 heteroatoms. The van der Waals surface area contributed by atoms with Crippen LogP contribution in [-0.4, -0.2) is 23.3 Å². The van der Waals surface area contributed by atoms with Gasteiger partial charge in [0.1, 0.15) is 11.5 Å². The highest BCUT2D eigenvalue weighted by Crippen LogP contribution is 2.17. The molecule has 120 valence electrons. The number of amides is 1. The topological polar surface area (TPSA) is 70.9 Å². The first kappa shape index (κ1) is 16.5. The van der Waals surface area contributed by atoms with Crippen LogP contribution in [0.15, 0.2) is 47.6 Å². The van der Waals surface area contributed by atoms with Crippen LogP contribution < -0.4 is 10.2 Å². The smallest absolute Gasteiger partial charge is 0.280 e. The number of phenolic OH excluding ortho intramolecular Hbond substituents is 1. The van der Waals surface area contributed by atoms with Gasteiger partial charge in [0.05, 0.1) is 6.21 Å². The second-order valence-corrected chi connectivity index (χ2v) is 5.33. The van der Waals surface area contributed by atoms with Crippen molar-refractivity contribution in [2.24, 2.45) is 5.10 Å². The molecule has 0 aliphatic heterocycles. The molecule has 0 bridgehead atoms. The number of carbonyl (C=O) groups excluding carboxylic acids is 1. The molecule has 0 spiro atoms. The summed E-state index contributed by atoms with van der Waals surface area (Å²) in [6.07, 6.45) is 0.842. The van der Waals surface area contributed by atoms with Crippen LogP contribution in [0.4, 0.5) is 0 Å². The third-order valence-corrected chi connectivity index (χ3v) is 3.44. The summed E-state index contributed by atoms with van der Waals surface area (Å²) in [5.41, 5.74) is 5.49. The van der Waals surface area contributed by atoms with E-state index >= 15 is 0 Å². The molecule has 0 saturated carbocycles. The van der Waals surface area contributed by atoms with Gasteiger partial charge >= 0.3 is 0 Å². The lowest BCUT2D eigenvalue weighted by Crippen LogP contribution is -2.33. The number of benzene rings is 2. The van der Waals surface area contributed by atoms with E-state index in [4.69, 9.17) is 4.74 Å².